The molecule has 0 aliphatic rings. The number of halogens is 2. The molecule has 7 heteroatoms. The molecule has 4 nitrogen and oxygen atoms in total. The van der Waals surface area contributed by atoms with Crippen LogP contribution in [-0.4, -0.2) is 20.1 Å². The molecule has 0 saturated heterocycles. The highest BCUT2D eigenvalue weighted by molar-refractivity contribution is 7.89. The van der Waals surface area contributed by atoms with Crippen LogP contribution < -0.4 is 4.72 Å². The molecule has 0 spiro atoms. The Labute approximate surface area is 111 Å². The lowest BCUT2D eigenvalue weighted by atomic mass is 10.1. The average molecular weight is 293 g/mol. The summed E-state index contributed by atoms with van der Waals surface area (Å²) in [6.45, 7) is 3.41. The first-order chi connectivity index (χ1) is 8.77. The van der Waals surface area contributed by atoms with Crippen LogP contribution in [-0.2, 0) is 16.6 Å². The number of aliphatic hydroxyl groups excluding tert-OH is 1. The molecule has 0 aliphatic carbocycles. The van der Waals surface area contributed by atoms with Gasteiger partial charge in [-0.2, -0.15) is 0 Å². The largest absolute Gasteiger partial charge is 0.392 e. The second kappa shape index (κ2) is 6.40. The van der Waals surface area contributed by atoms with Crippen LogP contribution in [0.4, 0.5) is 8.78 Å². The molecule has 0 fully saturated rings. The Bertz CT molecular complexity index is 544. The van der Waals surface area contributed by atoms with Gasteiger partial charge in [0.15, 0.2) is 11.6 Å². The van der Waals surface area contributed by atoms with Gasteiger partial charge in [0, 0.05) is 6.54 Å². The van der Waals surface area contributed by atoms with E-state index in [1.54, 1.807) is 0 Å². The van der Waals surface area contributed by atoms with Gasteiger partial charge in [-0.25, -0.2) is 21.9 Å². The van der Waals surface area contributed by atoms with Gasteiger partial charge in [0.25, 0.3) is 0 Å². The second-order valence-corrected chi connectivity index (χ2v) is 6.36. The monoisotopic (exact) mass is 293 g/mol. The molecule has 2 N–H and O–H groups in total. The van der Waals surface area contributed by atoms with E-state index in [2.05, 4.69) is 4.72 Å². The second-order valence-electron chi connectivity index (χ2n) is 4.63. The van der Waals surface area contributed by atoms with Crippen molar-refractivity contribution in [1.82, 2.24) is 4.72 Å². The normalized spacial score (nSPS) is 12.1. The van der Waals surface area contributed by atoms with Gasteiger partial charge >= 0.3 is 0 Å². The summed E-state index contributed by atoms with van der Waals surface area (Å²) < 4.78 is 52.7. The van der Waals surface area contributed by atoms with Crippen LogP contribution in [0.2, 0.25) is 0 Å². The van der Waals surface area contributed by atoms with E-state index in [1.807, 2.05) is 13.8 Å². The van der Waals surface area contributed by atoms with Crippen molar-refractivity contribution in [2.45, 2.75) is 31.8 Å². The number of rotatable bonds is 6. The van der Waals surface area contributed by atoms with Crippen molar-refractivity contribution < 1.29 is 22.3 Å². The smallest absolute Gasteiger partial charge is 0.243 e. The number of hydrogen-bond donors (Lipinski definition) is 2. The van der Waals surface area contributed by atoms with Crippen LogP contribution in [0, 0.1) is 17.6 Å². The molecule has 0 amide bonds. The van der Waals surface area contributed by atoms with Gasteiger partial charge in [-0.1, -0.05) is 13.8 Å². The highest BCUT2D eigenvalue weighted by atomic mass is 32.2. The number of aliphatic hydroxyl groups is 1. The van der Waals surface area contributed by atoms with Gasteiger partial charge in [-0.05, 0) is 30.0 Å². The van der Waals surface area contributed by atoms with Crippen molar-refractivity contribution in [3.05, 3.63) is 29.3 Å². The van der Waals surface area contributed by atoms with E-state index < -0.39 is 33.2 Å². The lowest BCUT2D eigenvalue weighted by molar-refractivity contribution is 0.280. The zero-order chi connectivity index (χ0) is 14.6. The van der Waals surface area contributed by atoms with E-state index in [1.165, 1.54) is 0 Å². The van der Waals surface area contributed by atoms with Gasteiger partial charge in [0.05, 0.1) is 6.61 Å². The summed E-state index contributed by atoms with van der Waals surface area (Å²) in [5.74, 6) is -2.45. The lowest BCUT2D eigenvalue weighted by Crippen LogP contribution is -2.27. The van der Waals surface area contributed by atoms with Crippen molar-refractivity contribution in [3.63, 3.8) is 0 Å². The minimum atomic E-state index is -4.12. The first-order valence-corrected chi connectivity index (χ1v) is 7.34. The third-order valence-corrected chi connectivity index (χ3v) is 4.00. The average Bonchev–Trinajstić information content (AvgIpc) is 2.31. The molecule has 0 heterocycles. The van der Waals surface area contributed by atoms with E-state index >= 15 is 0 Å². The van der Waals surface area contributed by atoms with Gasteiger partial charge in [-0.15, -0.1) is 0 Å². The summed E-state index contributed by atoms with van der Waals surface area (Å²) in [4.78, 5) is -0.777. The summed E-state index contributed by atoms with van der Waals surface area (Å²) in [6.07, 6.45) is 0.586. The van der Waals surface area contributed by atoms with Gasteiger partial charge in [0.1, 0.15) is 4.90 Å². The molecule has 0 radical (unpaired) electrons. The molecule has 0 atom stereocenters. The molecule has 0 aromatic heterocycles. The van der Waals surface area contributed by atoms with Crippen molar-refractivity contribution in [3.8, 4) is 0 Å². The number of hydrogen-bond acceptors (Lipinski definition) is 3. The van der Waals surface area contributed by atoms with Crippen LogP contribution in [0.25, 0.3) is 0 Å². The Balaban J connectivity index is 3.03. The first-order valence-electron chi connectivity index (χ1n) is 5.86. The summed E-state index contributed by atoms with van der Waals surface area (Å²) in [6, 6.07) is 1.69. The summed E-state index contributed by atoms with van der Waals surface area (Å²) >= 11 is 0. The van der Waals surface area contributed by atoms with E-state index in [0.29, 0.717) is 6.42 Å². The number of benzene rings is 1. The van der Waals surface area contributed by atoms with Crippen LogP contribution in [0.5, 0.6) is 0 Å². The standard InChI is InChI=1S/C12H17F2NO3S/c1-8(2)3-4-15-19(17,18)11-6-9(7-16)5-10(13)12(11)14/h5-6,8,15-16H,3-4,7H2,1-2H3. The minimum Gasteiger partial charge on any atom is -0.392 e. The predicted octanol–water partition coefficient (Wildman–Crippen LogP) is 1.78. The molecular formula is C12H17F2NO3S. The summed E-state index contributed by atoms with van der Waals surface area (Å²) in [7, 11) is -4.12. The Morgan fingerprint density at radius 3 is 2.47 bits per heavy atom. The zero-order valence-electron chi connectivity index (χ0n) is 10.8. The Morgan fingerprint density at radius 1 is 1.32 bits per heavy atom. The van der Waals surface area contributed by atoms with Crippen LogP contribution in [0.1, 0.15) is 25.8 Å². The fraction of sp³-hybridized carbons (Fsp3) is 0.500. The fourth-order valence-corrected chi connectivity index (χ4v) is 2.65. The van der Waals surface area contributed by atoms with Crippen molar-refractivity contribution in [1.29, 1.82) is 0 Å². The van der Waals surface area contributed by atoms with Gasteiger partial charge < -0.3 is 5.11 Å². The molecule has 0 bridgehead atoms. The molecule has 0 saturated carbocycles. The topological polar surface area (TPSA) is 66.4 Å². The zero-order valence-corrected chi connectivity index (χ0v) is 11.6. The summed E-state index contributed by atoms with van der Waals surface area (Å²) in [5, 5.41) is 8.89. The van der Waals surface area contributed by atoms with Gasteiger partial charge in [-0.3, -0.25) is 0 Å². The molecule has 0 aliphatic heterocycles. The SMILES string of the molecule is CC(C)CCNS(=O)(=O)c1cc(CO)cc(F)c1F. The number of nitrogens with one attached hydrogen (secondary N) is 1. The molecule has 1 aromatic carbocycles. The summed E-state index contributed by atoms with van der Waals surface area (Å²) in [5.41, 5.74) is 0.00290. The van der Waals surface area contributed by atoms with Crippen molar-refractivity contribution >= 4 is 10.0 Å². The Morgan fingerprint density at radius 2 is 1.95 bits per heavy atom. The molecule has 19 heavy (non-hydrogen) atoms. The van der Waals surface area contributed by atoms with Crippen LogP contribution in [0.3, 0.4) is 0 Å². The Kier molecular flexibility index (Phi) is 5.39. The molecule has 1 aromatic rings. The van der Waals surface area contributed by atoms with Gasteiger partial charge in [0.2, 0.25) is 10.0 Å². The molecule has 108 valence electrons. The Hall–Kier alpha value is -1.05. The maximum Gasteiger partial charge on any atom is 0.243 e. The third-order valence-electron chi connectivity index (χ3n) is 2.54. The minimum absolute atomic E-state index is 0.00290. The molecule has 1 rings (SSSR count). The highest BCUT2D eigenvalue weighted by Gasteiger charge is 2.22. The van der Waals surface area contributed by atoms with E-state index in [-0.39, 0.29) is 18.0 Å². The van der Waals surface area contributed by atoms with Crippen LogP contribution in [0.15, 0.2) is 17.0 Å². The third kappa shape index (κ3) is 4.22. The number of sulfonamides is 1. The first kappa shape index (κ1) is 16.0. The van der Waals surface area contributed by atoms with Crippen LogP contribution >= 0.6 is 0 Å². The maximum atomic E-state index is 13.5. The fourth-order valence-electron chi connectivity index (χ4n) is 1.46. The van der Waals surface area contributed by atoms with E-state index in [9.17, 15) is 17.2 Å². The maximum absolute atomic E-state index is 13.5. The quantitative estimate of drug-likeness (QED) is 0.840. The highest BCUT2D eigenvalue weighted by Crippen LogP contribution is 2.20. The lowest BCUT2D eigenvalue weighted by Gasteiger charge is -2.10. The molecule has 0 unspecified atom stereocenters. The predicted molar refractivity (Wildman–Crippen MR) is 66.9 cm³/mol. The van der Waals surface area contributed by atoms with Crippen molar-refractivity contribution in [2.24, 2.45) is 5.92 Å². The van der Waals surface area contributed by atoms with Crippen molar-refractivity contribution in [2.75, 3.05) is 6.54 Å². The van der Waals surface area contributed by atoms with E-state index in [4.69, 9.17) is 5.11 Å². The van der Waals surface area contributed by atoms with E-state index in [0.717, 1.165) is 12.1 Å². The molecular weight excluding hydrogens is 276 g/mol.